The quantitative estimate of drug-likeness (QED) is 0.708. The van der Waals surface area contributed by atoms with E-state index >= 15 is 0 Å². The van der Waals surface area contributed by atoms with Crippen molar-refractivity contribution in [2.75, 3.05) is 12.0 Å². The van der Waals surface area contributed by atoms with Crippen LogP contribution in [-0.2, 0) is 14.6 Å². The molecule has 3 N–H and O–H groups in total. The third kappa shape index (κ3) is 6.02. The SMILES string of the molecule is CS(=O)(=O)CCC(=O)NC1CCCCCC1N. The van der Waals surface area contributed by atoms with Crippen LogP contribution >= 0.6 is 0 Å². The Balaban J connectivity index is 2.38. The molecule has 1 rings (SSSR count). The highest BCUT2D eigenvalue weighted by molar-refractivity contribution is 7.90. The van der Waals surface area contributed by atoms with Crippen LogP contribution in [0.3, 0.4) is 0 Å². The molecule has 1 aliphatic carbocycles. The largest absolute Gasteiger partial charge is 0.352 e. The molecule has 0 aromatic rings. The number of nitrogens with one attached hydrogen (secondary N) is 1. The van der Waals surface area contributed by atoms with Gasteiger partial charge in [0.25, 0.3) is 0 Å². The molecule has 0 bridgehead atoms. The summed E-state index contributed by atoms with van der Waals surface area (Å²) in [5, 5.41) is 2.85. The second-order valence-electron chi connectivity index (χ2n) is 4.86. The molecule has 0 aromatic carbocycles. The second kappa shape index (κ2) is 6.35. The monoisotopic (exact) mass is 262 g/mol. The summed E-state index contributed by atoms with van der Waals surface area (Å²) >= 11 is 0. The molecule has 2 atom stereocenters. The smallest absolute Gasteiger partial charge is 0.221 e. The lowest BCUT2D eigenvalue weighted by molar-refractivity contribution is -0.121. The number of carbonyl (C=O) groups is 1. The summed E-state index contributed by atoms with van der Waals surface area (Å²) < 4.78 is 21.9. The van der Waals surface area contributed by atoms with Crippen LogP contribution < -0.4 is 11.1 Å². The number of carbonyl (C=O) groups excluding carboxylic acids is 1. The molecule has 1 saturated carbocycles. The van der Waals surface area contributed by atoms with Crippen LogP contribution in [0, 0.1) is 0 Å². The molecular weight excluding hydrogens is 240 g/mol. The first-order valence-corrected chi connectivity index (χ1v) is 8.17. The molecule has 1 fully saturated rings. The molecule has 1 aliphatic rings. The van der Waals surface area contributed by atoms with Crippen molar-refractivity contribution < 1.29 is 13.2 Å². The maximum absolute atomic E-state index is 11.6. The van der Waals surface area contributed by atoms with Crippen molar-refractivity contribution in [3.05, 3.63) is 0 Å². The first-order chi connectivity index (χ1) is 7.88. The van der Waals surface area contributed by atoms with Gasteiger partial charge in [-0.2, -0.15) is 0 Å². The fraction of sp³-hybridized carbons (Fsp3) is 0.909. The zero-order chi connectivity index (χ0) is 12.9. The van der Waals surface area contributed by atoms with Crippen LogP contribution in [0.15, 0.2) is 0 Å². The maximum Gasteiger partial charge on any atom is 0.221 e. The summed E-state index contributed by atoms with van der Waals surface area (Å²) in [4.78, 5) is 11.6. The lowest BCUT2D eigenvalue weighted by Crippen LogP contribution is -2.47. The Kier molecular flexibility index (Phi) is 5.39. The normalized spacial score (nSPS) is 26.2. The lowest BCUT2D eigenvalue weighted by atomic mass is 10.0. The van der Waals surface area contributed by atoms with Gasteiger partial charge in [-0.25, -0.2) is 8.42 Å². The summed E-state index contributed by atoms with van der Waals surface area (Å²) in [5.41, 5.74) is 5.98. The van der Waals surface area contributed by atoms with E-state index < -0.39 is 9.84 Å². The van der Waals surface area contributed by atoms with E-state index in [1.54, 1.807) is 0 Å². The van der Waals surface area contributed by atoms with Crippen LogP contribution in [0.2, 0.25) is 0 Å². The molecule has 6 heteroatoms. The minimum absolute atomic E-state index is 0.000293. The van der Waals surface area contributed by atoms with Crippen molar-refractivity contribution in [1.29, 1.82) is 0 Å². The Morgan fingerprint density at radius 2 is 1.94 bits per heavy atom. The zero-order valence-electron chi connectivity index (χ0n) is 10.3. The van der Waals surface area contributed by atoms with E-state index in [1.165, 1.54) is 0 Å². The number of nitrogens with two attached hydrogens (primary N) is 1. The van der Waals surface area contributed by atoms with E-state index in [0.717, 1.165) is 38.4 Å². The van der Waals surface area contributed by atoms with Crippen molar-refractivity contribution >= 4 is 15.7 Å². The molecule has 1 amide bonds. The van der Waals surface area contributed by atoms with E-state index in [0.29, 0.717) is 0 Å². The summed E-state index contributed by atoms with van der Waals surface area (Å²) in [7, 11) is -3.07. The Labute approximate surface area is 103 Å². The predicted molar refractivity (Wildman–Crippen MR) is 67.3 cm³/mol. The standard InChI is InChI=1S/C11H22N2O3S/c1-17(15,16)8-7-11(14)13-10-6-4-2-3-5-9(10)12/h9-10H,2-8,12H2,1H3,(H,13,14). The van der Waals surface area contributed by atoms with Gasteiger partial charge in [0.15, 0.2) is 0 Å². The van der Waals surface area contributed by atoms with E-state index in [9.17, 15) is 13.2 Å². The highest BCUT2D eigenvalue weighted by Gasteiger charge is 2.22. The first kappa shape index (κ1) is 14.4. The molecule has 0 aromatic heterocycles. The van der Waals surface area contributed by atoms with Gasteiger partial charge in [0.2, 0.25) is 5.91 Å². The predicted octanol–water partition coefficient (Wildman–Crippen LogP) is 0.197. The Bertz CT molecular complexity index is 354. The van der Waals surface area contributed by atoms with Crippen LogP contribution in [0.4, 0.5) is 0 Å². The van der Waals surface area contributed by atoms with Gasteiger partial charge in [0.05, 0.1) is 5.75 Å². The van der Waals surface area contributed by atoms with Crippen LogP contribution in [-0.4, -0.2) is 38.4 Å². The van der Waals surface area contributed by atoms with E-state index in [-0.39, 0.29) is 30.2 Å². The summed E-state index contributed by atoms with van der Waals surface area (Å²) in [6, 6.07) is 0.00393. The van der Waals surface area contributed by atoms with E-state index in [4.69, 9.17) is 5.73 Å². The van der Waals surface area contributed by atoms with Crippen LogP contribution in [0.25, 0.3) is 0 Å². The second-order valence-corrected chi connectivity index (χ2v) is 7.12. The summed E-state index contributed by atoms with van der Waals surface area (Å²) in [6.45, 7) is 0. The summed E-state index contributed by atoms with van der Waals surface area (Å²) in [6.07, 6.45) is 6.33. The molecular formula is C11H22N2O3S. The summed E-state index contributed by atoms with van der Waals surface area (Å²) in [5.74, 6) is -0.307. The fourth-order valence-corrected chi connectivity index (χ4v) is 2.63. The topological polar surface area (TPSA) is 89.3 Å². The Morgan fingerprint density at radius 3 is 2.59 bits per heavy atom. The first-order valence-electron chi connectivity index (χ1n) is 6.11. The molecule has 0 spiro atoms. The maximum atomic E-state index is 11.6. The van der Waals surface area contributed by atoms with Gasteiger partial charge >= 0.3 is 0 Å². The van der Waals surface area contributed by atoms with Crippen molar-refractivity contribution in [1.82, 2.24) is 5.32 Å². The molecule has 5 nitrogen and oxygen atoms in total. The number of hydrogen-bond donors (Lipinski definition) is 2. The van der Waals surface area contributed by atoms with Gasteiger partial charge in [-0.3, -0.25) is 4.79 Å². The number of sulfone groups is 1. The van der Waals surface area contributed by atoms with Gasteiger partial charge in [0.1, 0.15) is 9.84 Å². The molecule has 0 heterocycles. The fourth-order valence-electron chi connectivity index (χ4n) is 2.07. The van der Waals surface area contributed by atoms with Crippen molar-refractivity contribution in [3.63, 3.8) is 0 Å². The molecule has 0 saturated heterocycles. The Morgan fingerprint density at radius 1 is 1.29 bits per heavy atom. The molecule has 100 valence electrons. The van der Waals surface area contributed by atoms with Gasteiger partial charge in [-0.05, 0) is 12.8 Å². The number of rotatable bonds is 4. The molecule has 0 aliphatic heterocycles. The minimum atomic E-state index is -3.07. The van der Waals surface area contributed by atoms with Gasteiger partial charge in [-0.15, -0.1) is 0 Å². The van der Waals surface area contributed by atoms with E-state index in [2.05, 4.69) is 5.32 Å². The molecule has 17 heavy (non-hydrogen) atoms. The Hall–Kier alpha value is -0.620. The highest BCUT2D eigenvalue weighted by Crippen LogP contribution is 2.16. The van der Waals surface area contributed by atoms with E-state index in [1.807, 2.05) is 0 Å². The van der Waals surface area contributed by atoms with Crippen molar-refractivity contribution in [3.8, 4) is 0 Å². The average Bonchev–Trinajstić information content (AvgIpc) is 2.41. The van der Waals surface area contributed by atoms with Crippen LogP contribution in [0.1, 0.15) is 38.5 Å². The van der Waals surface area contributed by atoms with Gasteiger partial charge in [-0.1, -0.05) is 19.3 Å². The third-order valence-corrected chi connectivity index (χ3v) is 4.06. The minimum Gasteiger partial charge on any atom is -0.352 e. The van der Waals surface area contributed by atoms with Gasteiger partial charge in [0, 0.05) is 24.8 Å². The number of amides is 1. The third-order valence-electron chi connectivity index (χ3n) is 3.12. The zero-order valence-corrected chi connectivity index (χ0v) is 11.1. The number of hydrogen-bond acceptors (Lipinski definition) is 4. The van der Waals surface area contributed by atoms with Crippen molar-refractivity contribution in [2.45, 2.75) is 50.6 Å². The van der Waals surface area contributed by atoms with Crippen molar-refractivity contribution in [2.24, 2.45) is 5.73 Å². The van der Waals surface area contributed by atoms with Gasteiger partial charge < -0.3 is 11.1 Å². The highest BCUT2D eigenvalue weighted by atomic mass is 32.2. The molecule has 2 unspecified atom stereocenters. The molecule has 0 radical (unpaired) electrons. The van der Waals surface area contributed by atoms with Crippen LogP contribution in [0.5, 0.6) is 0 Å². The lowest BCUT2D eigenvalue weighted by Gasteiger charge is -2.22. The average molecular weight is 262 g/mol.